The van der Waals surface area contributed by atoms with E-state index in [-0.39, 0.29) is 37.9 Å². The Bertz CT molecular complexity index is 876. The van der Waals surface area contributed by atoms with E-state index in [9.17, 15) is 14.0 Å². The molecule has 1 aliphatic heterocycles. The SMILES string of the molecule is NC(=O)C[C@]1(COc2ccc(F)cc2)CN(C(=O)CCc2ccc(Cl)cc2)CCO1. The fourth-order valence-corrected chi connectivity index (χ4v) is 3.55. The minimum absolute atomic E-state index is 0.0164. The van der Waals surface area contributed by atoms with Crippen molar-refractivity contribution in [3.05, 3.63) is 64.9 Å². The fraction of sp³-hybridized carbons (Fsp3) is 0.364. The highest BCUT2D eigenvalue weighted by Crippen LogP contribution is 2.25. The van der Waals surface area contributed by atoms with E-state index < -0.39 is 11.5 Å². The van der Waals surface area contributed by atoms with Gasteiger partial charge in [-0.15, -0.1) is 0 Å². The highest BCUT2D eigenvalue weighted by atomic mass is 35.5. The van der Waals surface area contributed by atoms with Crippen molar-refractivity contribution in [2.24, 2.45) is 5.73 Å². The fourth-order valence-electron chi connectivity index (χ4n) is 3.43. The van der Waals surface area contributed by atoms with Gasteiger partial charge in [-0.1, -0.05) is 23.7 Å². The molecule has 160 valence electrons. The third kappa shape index (κ3) is 6.18. The molecular formula is C22H24ClFN2O4. The van der Waals surface area contributed by atoms with Crippen molar-refractivity contribution >= 4 is 23.4 Å². The van der Waals surface area contributed by atoms with E-state index in [4.69, 9.17) is 26.8 Å². The van der Waals surface area contributed by atoms with Crippen LogP contribution in [-0.2, 0) is 20.7 Å². The van der Waals surface area contributed by atoms with Crippen LogP contribution in [0.3, 0.4) is 0 Å². The summed E-state index contributed by atoms with van der Waals surface area (Å²) < 4.78 is 24.7. The van der Waals surface area contributed by atoms with Crippen LogP contribution in [0, 0.1) is 5.82 Å². The Morgan fingerprint density at radius 2 is 1.87 bits per heavy atom. The summed E-state index contributed by atoms with van der Waals surface area (Å²) in [6.07, 6.45) is 0.824. The number of aryl methyl sites for hydroxylation is 1. The number of primary amides is 1. The summed E-state index contributed by atoms with van der Waals surface area (Å²) in [5.74, 6) is -0.521. The maximum absolute atomic E-state index is 13.1. The van der Waals surface area contributed by atoms with Crippen LogP contribution in [0.15, 0.2) is 48.5 Å². The first-order valence-corrected chi connectivity index (χ1v) is 10.1. The van der Waals surface area contributed by atoms with Crippen LogP contribution >= 0.6 is 11.6 Å². The van der Waals surface area contributed by atoms with E-state index >= 15 is 0 Å². The zero-order valence-electron chi connectivity index (χ0n) is 16.5. The molecule has 30 heavy (non-hydrogen) atoms. The van der Waals surface area contributed by atoms with Crippen molar-refractivity contribution in [1.29, 1.82) is 0 Å². The maximum Gasteiger partial charge on any atom is 0.223 e. The number of benzene rings is 2. The van der Waals surface area contributed by atoms with Gasteiger partial charge in [0.15, 0.2) is 0 Å². The standard InChI is InChI=1S/C22H24ClFN2O4/c23-17-4-1-16(2-5-17)3-10-21(28)26-11-12-30-22(14-26,13-20(25)27)15-29-19-8-6-18(24)7-9-19/h1-2,4-9H,3,10-15H2,(H2,25,27)/t22-/m1/s1. The van der Waals surface area contributed by atoms with Crippen molar-refractivity contribution < 1.29 is 23.5 Å². The van der Waals surface area contributed by atoms with Crippen molar-refractivity contribution in [2.75, 3.05) is 26.3 Å². The number of hydrogen-bond acceptors (Lipinski definition) is 4. The number of nitrogens with zero attached hydrogens (tertiary/aromatic N) is 1. The molecule has 8 heteroatoms. The second kappa shape index (κ2) is 9.91. The Hall–Kier alpha value is -2.64. The van der Waals surface area contributed by atoms with Gasteiger partial charge in [-0.3, -0.25) is 9.59 Å². The van der Waals surface area contributed by atoms with Crippen molar-refractivity contribution in [3.63, 3.8) is 0 Å². The molecule has 2 N–H and O–H groups in total. The van der Waals surface area contributed by atoms with Crippen LogP contribution in [0.5, 0.6) is 5.75 Å². The van der Waals surface area contributed by atoms with E-state index in [1.165, 1.54) is 24.3 Å². The second-order valence-electron chi connectivity index (χ2n) is 7.36. The van der Waals surface area contributed by atoms with Crippen LogP contribution in [0.2, 0.25) is 5.02 Å². The number of amides is 2. The Balaban J connectivity index is 1.63. The van der Waals surface area contributed by atoms with Gasteiger partial charge in [0.1, 0.15) is 23.8 Å². The van der Waals surface area contributed by atoms with Gasteiger partial charge in [0.2, 0.25) is 11.8 Å². The normalized spacial score (nSPS) is 18.8. The van der Waals surface area contributed by atoms with Crippen LogP contribution in [0.4, 0.5) is 4.39 Å². The first-order valence-electron chi connectivity index (χ1n) is 9.68. The molecule has 0 aromatic heterocycles. The highest BCUT2D eigenvalue weighted by Gasteiger charge is 2.40. The lowest BCUT2D eigenvalue weighted by atomic mass is 9.97. The van der Waals surface area contributed by atoms with E-state index in [1.54, 1.807) is 17.0 Å². The van der Waals surface area contributed by atoms with E-state index in [0.717, 1.165) is 5.56 Å². The molecule has 1 saturated heterocycles. The van der Waals surface area contributed by atoms with Crippen LogP contribution in [-0.4, -0.2) is 48.6 Å². The number of carbonyl (C=O) groups excluding carboxylic acids is 2. The van der Waals surface area contributed by atoms with Gasteiger partial charge in [-0.2, -0.15) is 0 Å². The molecule has 1 aliphatic rings. The van der Waals surface area contributed by atoms with Crippen molar-refractivity contribution in [2.45, 2.75) is 24.9 Å². The molecule has 1 heterocycles. The van der Waals surface area contributed by atoms with Gasteiger partial charge in [0.25, 0.3) is 0 Å². The number of ether oxygens (including phenoxy) is 2. The van der Waals surface area contributed by atoms with Gasteiger partial charge in [0, 0.05) is 18.0 Å². The summed E-state index contributed by atoms with van der Waals surface area (Å²) in [5, 5.41) is 0.649. The smallest absolute Gasteiger partial charge is 0.223 e. The molecule has 0 spiro atoms. The maximum atomic E-state index is 13.1. The Labute approximate surface area is 179 Å². The lowest BCUT2D eigenvalue weighted by Crippen LogP contribution is -2.58. The highest BCUT2D eigenvalue weighted by molar-refractivity contribution is 6.30. The third-order valence-corrected chi connectivity index (χ3v) is 5.21. The topological polar surface area (TPSA) is 81.9 Å². The zero-order valence-corrected chi connectivity index (χ0v) is 17.2. The third-order valence-electron chi connectivity index (χ3n) is 4.95. The lowest BCUT2D eigenvalue weighted by Gasteiger charge is -2.42. The average Bonchev–Trinajstić information content (AvgIpc) is 2.72. The molecule has 2 amide bonds. The second-order valence-corrected chi connectivity index (χ2v) is 7.80. The monoisotopic (exact) mass is 434 g/mol. The first-order chi connectivity index (χ1) is 14.3. The lowest BCUT2D eigenvalue weighted by molar-refractivity contribution is -0.161. The molecule has 2 aromatic rings. The van der Waals surface area contributed by atoms with Gasteiger partial charge in [0.05, 0.1) is 19.6 Å². The predicted molar refractivity (Wildman–Crippen MR) is 111 cm³/mol. The molecule has 2 aromatic carbocycles. The molecule has 6 nitrogen and oxygen atoms in total. The summed E-state index contributed by atoms with van der Waals surface area (Å²) in [7, 11) is 0. The van der Waals surface area contributed by atoms with Gasteiger partial charge >= 0.3 is 0 Å². The molecular weight excluding hydrogens is 411 g/mol. The molecule has 1 fully saturated rings. The quantitative estimate of drug-likeness (QED) is 0.692. The van der Waals surface area contributed by atoms with Crippen LogP contribution in [0.1, 0.15) is 18.4 Å². The summed E-state index contributed by atoms with van der Waals surface area (Å²) >= 11 is 5.89. The van der Waals surface area contributed by atoms with Crippen molar-refractivity contribution in [3.8, 4) is 5.75 Å². The summed E-state index contributed by atoms with van der Waals surface area (Å²) in [6, 6.07) is 12.9. The van der Waals surface area contributed by atoms with Gasteiger partial charge < -0.3 is 20.1 Å². The number of hydrogen-bond donors (Lipinski definition) is 1. The molecule has 0 radical (unpaired) electrons. The van der Waals surface area contributed by atoms with Gasteiger partial charge in [-0.05, 0) is 48.4 Å². The number of rotatable bonds is 8. The number of carbonyl (C=O) groups is 2. The first kappa shape index (κ1) is 22.1. The Morgan fingerprint density at radius 3 is 2.53 bits per heavy atom. The summed E-state index contributed by atoms with van der Waals surface area (Å²) in [4.78, 5) is 26.1. The number of morpholine rings is 1. The minimum atomic E-state index is -1.05. The van der Waals surface area contributed by atoms with Crippen LogP contribution in [0.25, 0.3) is 0 Å². The number of nitrogens with two attached hydrogens (primary N) is 1. The molecule has 3 rings (SSSR count). The molecule has 1 atom stereocenters. The largest absolute Gasteiger partial charge is 0.490 e. The Morgan fingerprint density at radius 1 is 1.17 bits per heavy atom. The zero-order chi connectivity index (χ0) is 21.6. The molecule has 0 aliphatic carbocycles. The average molecular weight is 435 g/mol. The van der Waals surface area contributed by atoms with Crippen LogP contribution < -0.4 is 10.5 Å². The van der Waals surface area contributed by atoms with Crippen molar-refractivity contribution in [1.82, 2.24) is 4.90 Å². The van der Waals surface area contributed by atoms with E-state index in [2.05, 4.69) is 0 Å². The van der Waals surface area contributed by atoms with E-state index in [0.29, 0.717) is 30.2 Å². The summed E-state index contributed by atoms with van der Waals surface area (Å²) in [5.41, 5.74) is 5.40. The molecule has 0 unspecified atom stereocenters. The van der Waals surface area contributed by atoms with E-state index in [1.807, 2.05) is 12.1 Å². The Kier molecular flexibility index (Phi) is 7.29. The minimum Gasteiger partial charge on any atom is -0.490 e. The molecule has 0 bridgehead atoms. The summed E-state index contributed by atoms with van der Waals surface area (Å²) in [6.45, 7) is 0.905. The van der Waals surface area contributed by atoms with Gasteiger partial charge in [-0.25, -0.2) is 4.39 Å². The predicted octanol–water partition coefficient (Wildman–Crippen LogP) is 2.96. The number of halogens is 2. The molecule has 0 saturated carbocycles.